The fourth-order valence-electron chi connectivity index (χ4n) is 3.06. The van der Waals surface area contributed by atoms with Crippen LogP contribution in [0.5, 0.6) is 0 Å². The molecule has 0 aliphatic carbocycles. The van der Waals surface area contributed by atoms with Crippen LogP contribution in [0, 0.1) is 6.92 Å². The third kappa shape index (κ3) is 4.02. The minimum Gasteiger partial charge on any atom is -0.478 e. The molecule has 0 atom stereocenters. The fourth-order valence-corrected chi connectivity index (χ4v) is 3.23. The maximum absolute atomic E-state index is 10.9. The van der Waals surface area contributed by atoms with E-state index in [0.717, 1.165) is 40.8 Å². The number of aryl methyl sites for hydroxylation is 2. The van der Waals surface area contributed by atoms with E-state index < -0.39 is 5.97 Å². The summed E-state index contributed by atoms with van der Waals surface area (Å²) in [4.78, 5) is 10.9. The van der Waals surface area contributed by atoms with Crippen LogP contribution in [0.3, 0.4) is 0 Å². The van der Waals surface area contributed by atoms with Crippen molar-refractivity contribution < 1.29 is 14.3 Å². The van der Waals surface area contributed by atoms with Gasteiger partial charge in [0.25, 0.3) is 0 Å². The van der Waals surface area contributed by atoms with Crippen molar-refractivity contribution in [3.63, 3.8) is 0 Å². The van der Waals surface area contributed by atoms with Gasteiger partial charge < -0.3 is 14.8 Å². The van der Waals surface area contributed by atoms with Gasteiger partial charge in [0.15, 0.2) is 0 Å². The number of nitrogens with one attached hydrogen (secondary N) is 1. The predicted molar refractivity (Wildman–Crippen MR) is 105 cm³/mol. The molecule has 0 spiro atoms. The maximum Gasteiger partial charge on any atom is 0.335 e. The van der Waals surface area contributed by atoms with Crippen LogP contribution in [0.1, 0.15) is 41.9 Å². The molecule has 4 nitrogen and oxygen atoms in total. The summed E-state index contributed by atoms with van der Waals surface area (Å²) in [5.74, 6) is 0.0506. The Labute approximate surface area is 157 Å². The van der Waals surface area contributed by atoms with Crippen molar-refractivity contribution >= 4 is 34.2 Å². The summed E-state index contributed by atoms with van der Waals surface area (Å²) in [6.07, 6.45) is 1.66. The molecule has 2 N–H and O–H groups in total. The van der Waals surface area contributed by atoms with E-state index in [9.17, 15) is 4.79 Å². The Morgan fingerprint density at radius 2 is 1.88 bits per heavy atom. The molecule has 0 aliphatic heterocycles. The Morgan fingerprint density at radius 3 is 2.54 bits per heavy atom. The van der Waals surface area contributed by atoms with Gasteiger partial charge in [-0.2, -0.15) is 0 Å². The molecular weight excluding hydrogens is 350 g/mol. The second kappa shape index (κ2) is 7.04. The molecule has 136 valence electrons. The molecule has 26 heavy (non-hydrogen) atoms. The number of carboxylic acids is 1. The van der Waals surface area contributed by atoms with E-state index in [-0.39, 0.29) is 11.1 Å². The summed E-state index contributed by atoms with van der Waals surface area (Å²) in [7, 11) is 0. The number of furan rings is 1. The first kappa shape index (κ1) is 18.3. The molecule has 2 aromatic carbocycles. The van der Waals surface area contributed by atoms with Gasteiger partial charge in [-0.1, -0.05) is 11.6 Å². The molecule has 0 saturated carbocycles. The van der Waals surface area contributed by atoms with Gasteiger partial charge in [0.2, 0.25) is 0 Å². The average Bonchev–Trinajstić information content (AvgIpc) is 2.89. The molecule has 0 aliphatic rings. The zero-order chi connectivity index (χ0) is 18.9. The Bertz CT molecular complexity index is 942. The summed E-state index contributed by atoms with van der Waals surface area (Å²) in [6, 6.07) is 12.5. The van der Waals surface area contributed by atoms with Crippen LogP contribution in [-0.4, -0.2) is 16.6 Å². The number of halogens is 1. The lowest BCUT2D eigenvalue weighted by molar-refractivity contribution is 0.0697. The molecule has 0 radical (unpaired) electrons. The highest BCUT2D eigenvalue weighted by molar-refractivity contribution is 6.31. The van der Waals surface area contributed by atoms with E-state index in [2.05, 4.69) is 26.1 Å². The fraction of sp³-hybridized carbons (Fsp3) is 0.286. The number of hydrogen-bond acceptors (Lipinski definition) is 3. The first-order valence-corrected chi connectivity index (χ1v) is 8.92. The van der Waals surface area contributed by atoms with E-state index in [0.29, 0.717) is 5.02 Å². The van der Waals surface area contributed by atoms with Gasteiger partial charge in [-0.15, -0.1) is 0 Å². The number of benzene rings is 2. The second-order valence-corrected chi connectivity index (χ2v) is 7.62. The van der Waals surface area contributed by atoms with Gasteiger partial charge in [-0.25, -0.2) is 4.79 Å². The molecule has 0 bridgehead atoms. The van der Waals surface area contributed by atoms with Crippen molar-refractivity contribution in [1.29, 1.82) is 0 Å². The van der Waals surface area contributed by atoms with Crippen molar-refractivity contribution in [3.8, 4) is 0 Å². The number of carboxylic acid groups (broad SMARTS) is 1. The highest BCUT2D eigenvalue weighted by atomic mass is 35.5. The maximum atomic E-state index is 10.9. The number of aromatic carboxylic acids is 1. The monoisotopic (exact) mass is 371 g/mol. The lowest BCUT2D eigenvalue weighted by atomic mass is 9.95. The molecule has 1 aromatic heterocycles. The molecule has 0 amide bonds. The molecule has 0 fully saturated rings. The largest absolute Gasteiger partial charge is 0.478 e. The van der Waals surface area contributed by atoms with Crippen molar-refractivity contribution in [2.45, 2.75) is 39.2 Å². The van der Waals surface area contributed by atoms with Crippen LogP contribution in [-0.2, 0) is 6.42 Å². The molecule has 1 heterocycles. The first-order valence-electron chi connectivity index (χ1n) is 8.54. The molecular formula is C21H22ClNO3. The summed E-state index contributed by atoms with van der Waals surface area (Å²) in [5.41, 5.74) is 2.99. The Kier molecular flexibility index (Phi) is 4.97. The lowest BCUT2D eigenvalue weighted by Gasteiger charge is -2.27. The lowest BCUT2D eigenvalue weighted by Crippen LogP contribution is -2.31. The van der Waals surface area contributed by atoms with Crippen LogP contribution in [0.15, 0.2) is 46.9 Å². The molecule has 0 unspecified atom stereocenters. The quantitative estimate of drug-likeness (QED) is 0.564. The molecule has 3 rings (SSSR count). The number of anilines is 1. The summed E-state index contributed by atoms with van der Waals surface area (Å²) >= 11 is 6.08. The van der Waals surface area contributed by atoms with Crippen LogP contribution in [0.2, 0.25) is 5.02 Å². The van der Waals surface area contributed by atoms with Gasteiger partial charge in [-0.05, 0) is 75.2 Å². The normalized spacial score (nSPS) is 11.7. The Hall–Kier alpha value is -2.46. The third-order valence-electron chi connectivity index (χ3n) is 4.59. The van der Waals surface area contributed by atoms with Crippen molar-refractivity contribution in [2.24, 2.45) is 0 Å². The second-order valence-electron chi connectivity index (χ2n) is 7.18. The minimum atomic E-state index is -0.920. The van der Waals surface area contributed by atoms with E-state index in [1.54, 1.807) is 24.3 Å². The Balaban J connectivity index is 1.70. The van der Waals surface area contributed by atoms with Crippen LogP contribution in [0.25, 0.3) is 11.0 Å². The summed E-state index contributed by atoms with van der Waals surface area (Å²) < 4.78 is 5.99. The van der Waals surface area contributed by atoms with E-state index in [4.69, 9.17) is 21.1 Å². The number of hydrogen-bond donors (Lipinski definition) is 2. The first-order chi connectivity index (χ1) is 12.2. The van der Waals surface area contributed by atoms with Crippen molar-refractivity contribution in [3.05, 3.63) is 64.4 Å². The zero-order valence-electron chi connectivity index (χ0n) is 15.1. The van der Waals surface area contributed by atoms with E-state index >= 15 is 0 Å². The minimum absolute atomic E-state index is 0.173. The predicted octanol–water partition coefficient (Wildman–Crippen LogP) is 5.92. The molecule has 3 aromatic rings. The summed E-state index contributed by atoms with van der Waals surface area (Å²) in [6.45, 7) is 6.29. The topological polar surface area (TPSA) is 62.5 Å². The Morgan fingerprint density at radius 1 is 1.19 bits per heavy atom. The highest BCUT2D eigenvalue weighted by Gasteiger charge is 2.20. The zero-order valence-corrected chi connectivity index (χ0v) is 15.9. The van der Waals surface area contributed by atoms with Gasteiger partial charge >= 0.3 is 5.97 Å². The van der Waals surface area contributed by atoms with Crippen LogP contribution in [0.4, 0.5) is 5.69 Å². The van der Waals surface area contributed by atoms with E-state index in [1.165, 1.54) is 0 Å². The van der Waals surface area contributed by atoms with Gasteiger partial charge in [-0.3, -0.25) is 0 Å². The van der Waals surface area contributed by atoms with Gasteiger partial charge in [0, 0.05) is 28.1 Å². The molecule has 5 heteroatoms. The third-order valence-corrected chi connectivity index (χ3v) is 4.82. The molecule has 0 saturated heterocycles. The van der Waals surface area contributed by atoms with Crippen molar-refractivity contribution in [2.75, 3.05) is 5.32 Å². The van der Waals surface area contributed by atoms with Crippen LogP contribution < -0.4 is 5.32 Å². The average molecular weight is 372 g/mol. The van der Waals surface area contributed by atoms with Gasteiger partial charge in [0.05, 0.1) is 5.56 Å². The van der Waals surface area contributed by atoms with Crippen LogP contribution >= 0.6 is 11.6 Å². The number of carbonyl (C=O) groups is 1. The van der Waals surface area contributed by atoms with E-state index in [1.807, 2.05) is 18.2 Å². The number of fused-ring (bicyclic) bond motifs is 1. The van der Waals surface area contributed by atoms with Gasteiger partial charge in [0.1, 0.15) is 11.3 Å². The SMILES string of the molecule is Cc1c(CCC(C)(C)Nc2ccc(C(=O)O)cc2)oc2ccc(Cl)cc12. The standard InChI is InChI=1S/C21H22ClNO3/c1-13-17-12-15(22)6-9-19(17)26-18(13)10-11-21(2,3)23-16-7-4-14(5-8-16)20(24)25/h4-9,12,23H,10-11H2,1-3H3,(H,24,25). The highest BCUT2D eigenvalue weighted by Crippen LogP contribution is 2.30. The number of rotatable bonds is 6. The smallest absolute Gasteiger partial charge is 0.335 e. The van der Waals surface area contributed by atoms with Crippen molar-refractivity contribution in [1.82, 2.24) is 0 Å². The summed E-state index contributed by atoms with van der Waals surface area (Å²) in [5, 5.41) is 14.2.